The summed E-state index contributed by atoms with van der Waals surface area (Å²) in [5.74, 6) is 0.611. The summed E-state index contributed by atoms with van der Waals surface area (Å²) < 4.78 is 33.8. The number of benzene rings is 2. The fourth-order valence-corrected chi connectivity index (χ4v) is 5.08. The lowest BCUT2D eigenvalue weighted by Gasteiger charge is -2.29. The van der Waals surface area contributed by atoms with Crippen molar-refractivity contribution < 1.29 is 17.9 Å². The number of nitrogens with one attached hydrogen (secondary N) is 2. The Kier molecular flexibility index (Phi) is 6.47. The van der Waals surface area contributed by atoms with Crippen LogP contribution in [0.1, 0.15) is 48.5 Å². The third kappa shape index (κ3) is 4.90. The first kappa shape index (κ1) is 21.2. The highest BCUT2D eigenvalue weighted by atomic mass is 32.2. The van der Waals surface area contributed by atoms with Gasteiger partial charge >= 0.3 is 0 Å². The van der Waals surface area contributed by atoms with E-state index in [9.17, 15) is 13.2 Å². The summed E-state index contributed by atoms with van der Waals surface area (Å²) in [6.45, 7) is 3.86. The molecule has 29 heavy (non-hydrogen) atoms. The minimum atomic E-state index is -3.89. The van der Waals surface area contributed by atoms with Gasteiger partial charge in [-0.15, -0.1) is 0 Å². The average molecular weight is 417 g/mol. The van der Waals surface area contributed by atoms with E-state index in [1.165, 1.54) is 19.6 Å². The van der Waals surface area contributed by atoms with Crippen LogP contribution in [0.4, 0.5) is 5.69 Å². The quantitative estimate of drug-likeness (QED) is 0.742. The van der Waals surface area contributed by atoms with Gasteiger partial charge in [-0.05, 0) is 55.5 Å². The lowest BCUT2D eigenvalue weighted by atomic mass is 9.86. The zero-order chi connectivity index (χ0) is 21.0. The summed E-state index contributed by atoms with van der Waals surface area (Å²) in [5, 5.41) is 3.08. The van der Waals surface area contributed by atoms with Gasteiger partial charge in [-0.25, -0.2) is 8.42 Å². The molecular weight excluding hydrogens is 388 g/mol. The predicted octanol–water partition coefficient (Wildman–Crippen LogP) is 4.11. The Bertz CT molecular complexity index is 988. The average Bonchev–Trinajstić information content (AvgIpc) is 2.70. The zero-order valence-electron chi connectivity index (χ0n) is 17.1. The van der Waals surface area contributed by atoms with Gasteiger partial charge in [-0.1, -0.05) is 38.0 Å². The van der Waals surface area contributed by atoms with E-state index in [1.807, 2.05) is 0 Å². The summed E-state index contributed by atoms with van der Waals surface area (Å²) in [5.41, 5.74) is 1.25. The molecule has 3 rings (SSSR count). The predicted molar refractivity (Wildman–Crippen MR) is 114 cm³/mol. The molecule has 0 heterocycles. The molecule has 0 aliphatic heterocycles. The maximum atomic E-state index is 13.0. The largest absolute Gasteiger partial charge is 0.495 e. The molecule has 1 aliphatic rings. The van der Waals surface area contributed by atoms with Gasteiger partial charge in [0.15, 0.2) is 0 Å². The van der Waals surface area contributed by atoms with Crippen LogP contribution < -0.4 is 14.8 Å². The summed E-state index contributed by atoms with van der Waals surface area (Å²) in [6, 6.07) is 11.7. The Hall–Kier alpha value is -2.54. The molecular formula is C22H28N2O4S. The van der Waals surface area contributed by atoms with Crippen molar-refractivity contribution in [1.82, 2.24) is 5.32 Å². The van der Waals surface area contributed by atoms with Crippen LogP contribution in [0.3, 0.4) is 0 Å². The molecule has 0 saturated heterocycles. The van der Waals surface area contributed by atoms with Crippen molar-refractivity contribution in [2.24, 2.45) is 5.92 Å². The highest BCUT2D eigenvalue weighted by Crippen LogP contribution is 2.28. The Morgan fingerprint density at radius 2 is 1.83 bits per heavy atom. The van der Waals surface area contributed by atoms with Crippen LogP contribution in [0.15, 0.2) is 47.4 Å². The van der Waals surface area contributed by atoms with Crippen molar-refractivity contribution in [3.63, 3.8) is 0 Å². The van der Waals surface area contributed by atoms with E-state index < -0.39 is 10.0 Å². The van der Waals surface area contributed by atoms with E-state index in [1.54, 1.807) is 43.3 Å². The molecule has 1 aliphatic carbocycles. The molecule has 1 fully saturated rings. The number of rotatable bonds is 6. The van der Waals surface area contributed by atoms with Crippen molar-refractivity contribution in [2.75, 3.05) is 11.8 Å². The molecule has 1 amide bonds. The number of sulfonamides is 1. The standard InChI is InChI=1S/C22H28N2O4S/c1-15-8-4-5-9-18(15)23-22(25)17-13-12-16(2)21(14-17)29(26,27)24-19-10-6-7-11-20(19)28-3/h6-7,10-15,18,24H,4-5,8-9H2,1-3H3,(H,23,25)/t15-,18-/m1/s1. The topological polar surface area (TPSA) is 84.5 Å². The third-order valence-corrected chi connectivity index (χ3v) is 7.03. The zero-order valence-corrected chi connectivity index (χ0v) is 17.9. The number of ether oxygens (including phenoxy) is 1. The van der Waals surface area contributed by atoms with Crippen molar-refractivity contribution in [1.29, 1.82) is 0 Å². The highest BCUT2D eigenvalue weighted by Gasteiger charge is 2.25. The Morgan fingerprint density at radius 3 is 2.55 bits per heavy atom. The van der Waals surface area contributed by atoms with Gasteiger partial charge in [0.2, 0.25) is 0 Å². The second-order valence-corrected chi connectivity index (χ2v) is 9.28. The minimum Gasteiger partial charge on any atom is -0.495 e. The van der Waals surface area contributed by atoms with Crippen LogP contribution in [-0.2, 0) is 10.0 Å². The molecule has 156 valence electrons. The van der Waals surface area contributed by atoms with E-state index in [0.29, 0.717) is 28.5 Å². The maximum Gasteiger partial charge on any atom is 0.262 e. The maximum absolute atomic E-state index is 13.0. The molecule has 7 heteroatoms. The number of anilines is 1. The molecule has 0 bridgehead atoms. The van der Waals surface area contributed by atoms with Crippen molar-refractivity contribution in [3.8, 4) is 5.75 Å². The monoisotopic (exact) mass is 416 g/mol. The molecule has 2 atom stereocenters. The second-order valence-electron chi connectivity index (χ2n) is 7.63. The molecule has 0 radical (unpaired) electrons. The van der Waals surface area contributed by atoms with Crippen molar-refractivity contribution in [2.45, 2.75) is 50.5 Å². The minimum absolute atomic E-state index is 0.0766. The van der Waals surface area contributed by atoms with Gasteiger partial charge in [-0.2, -0.15) is 0 Å². The molecule has 2 aromatic rings. The highest BCUT2D eigenvalue weighted by molar-refractivity contribution is 7.92. The molecule has 1 saturated carbocycles. The van der Waals surface area contributed by atoms with E-state index >= 15 is 0 Å². The Balaban J connectivity index is 1.85. The SMILES string of the molecule is COc1ccccc1NS(=O)(=O)c1cc(C(=O)N[C@@H]2CCCC[C@H]2C)ccc1C. The number of hydrogen-bond donors (Lipinski definition) is 2. The van der Waals surface area contributed by atoms with Crippen LogP contribution >= 0.6 is 0 Å². The van der Waals surface area contributed by atoms with Gasteiger partial charge in [0.05, 0.1) is 17.7 Å². The number of amides is 1. The second kappa shape index (κ2) is 8.86. The number of para-hydroxylation sites is 2. The van der Waals surface area contributed by atoms with Gasteiger partial charge in [0, 0.05) is 11.6 Å². The van der Waals surface area contributed by atoms with E-state index in [0.717, 1.165) is 19.3 Å². The number of aryl methyl sites for hydroxylation is 1. The summed E-state index contributed by atoms with van der Waals surface area (Å²) in [4.78, 5) is 12.8. The van der Waals surface area contributed by atoms with Crippen LogP contribution in [0.25, 0.3) is 0 Å². The van der Waals surface area contributed by atoms with Crippen LogP contribution in [0.5, 0.6) is 5.75 Å². The lowest BCUT2D eigenvalue weighted by Crippen LogP contribution is -2.41. The number of hydrogen-bond acceptors (Lipinski definition) is 4. The van der Waals surface area contributed by atoms with E-state index in [-0.39, 0.29) is 16.8 Å². The fourth-order valence-electron chi connectivity index (χ4n) is 3.74. The van der Waals surface area contributed by atoms with Crippen molar-refractivity contribution >= 4 is 21.6 Å². The molecule has 0 aromatic heterocycles. The summed E-state index contributed by atoms with van der Waals surface area (Å²) >= 11 is 0. The van der Waals surface area contributed by atoms with Gasteiger partial charge in [0.1, 0.15) is 5.75 Å². The summed E-state index contributed by atoms with van der Waals surface area (Å²) in [7, 11) is -2.40. The first-order chi connectivity index (χ1) is 13.8. The van der Waals surface area contributed by atoms with Gasteiger partial charge in [-0.3, -0.25) is 9.52 Å². The third-order valence-electron chi connectivity index (χ3n) is 5.52. The normalized spacial score (nSPS) is 19.4. The number of carbonyl (C=O) groups is 1. The van der Waals surface area contributed by atoms with Crippen molar-refractivity contribution in [3.05, 3.63) is 53.6 Å². The first-order valence-corrected chi connectivity index (χ1v) is 11.4. The smallest absolute Gasteiger partial charge is 0.262 e. The lowest BCUT2D eigenvalue weighted by molar-refractivity contribution is 0.0910. The summed E-state index contributed by atoms with van der Waals surface area (Å²) in [6.07, 6.45) is 4.35. The Morgan fingerprint density at radius 1 is 1.10 bits per heavy atom. The first-order valence-electron chi connectivity index (χ1n) is 9.89. The van der Waals surface area contributed by atoms with Gasteiger partial charge in [0.25, 0.3) is 15.9 Å². The van der Waals surface area contributed by atoms with E-state index in [2.05, 4.69) is 17.0 Å². The number of methoxy groups -OCH3 is 1. The van der Waals surface area contributed by atoms with Gasteiger partial charge < -0.3 is 10.1 Å². The molecule has 2 N–H and O–H groups in total. The molecule has 6 nitrogen and oxygen atoms in total. The van der Waals surface area contributed by atoms with Crippen LogP contribution in [0.2, 0.25) is 0 Å². The fraction of sp³-hybridized carbons (Fsp3) is 0.409. The molecule has 0 spiro atoms. The number of carbonyl (C=O) groups excluding carboxylic acids is 1. The molecule has 2 aromatic carbocycles. The molecule has 0 unspecified atom stereocenters. The van der Waals surface area contributed by atoms with Crippen LogP contribution in [-0.4, -0.2) is 27.5 Å². The Labute approximate surface area is 172 Å². The van der Waals surface area contributed by atoms with Crippen LogP contribution in [0, 0.1) is 12.8 Å². The van der Waals surface area contributed by atoms with E-state index in [4.69, 9.17) is 4.74 Å².